The van der Waals surface area contributed by atoms with Gasteiger partial charge >= 0.3 is 0 Å². The molecule has 2 heterocycles. The molecule has 1 amide bonds. The van der Waals surface area contributed by atoms with Crippen LogP contribution in [0.2, 0.25) is 0 Å². The lowest BCUT2D eigenvalue weighted by Crippen LogP contribution is -2.48. The van der Waals surface area contributed by atoms with E-state index in [0.29, 0.717) is 11.5 Å². The Bertz CT molecular complexity index is 310. The molecule has 1 saturated carbocycles. The van der Waals surface area contributed by atoms with Crippen LogP contribution in [0.4, 0.5) is 0 Å². The quantitative estimate of drug-likeness (QED) is 0.798. The van der Waals surface area contributed by atoms with Crippen molar-refractivity contribution in [1.29, 1.82) is 0 Å². The Morgan fingerprint density at radius 3 is 2.47 bits per heavy atom. The predicted octanol–water partition coefficient (Wildman–Crippen LogP) is 1.59. The van der Waals surface area contributed by atoms with Crippen molar-refractivity contribution in [2.75, 3.05) is 19.8 Å². The number of nitrogens with one attached hydrogen (secondary N) is 2. The van der Waals surface area contributed by atoms with Crippen molar-refractivity contribution < 1.29 is 9.53 Å². The summed E-state index contributed by atoms with van der Waals surface area (Å²) in [6.45, 7) is 2.86. The Morgan fingerprint density at radius 1 is 1.11 bits per heavy atom. The zero-order valence-electron chi connectivity index (χ0n) is 11.7. The second-order valence-corrected chi connectivity index (χ2v) is 6.54. The Hall–Kier alpha value is -0.610. The van der Waals surface area contributed by atoms with Crippen LogP contribution in [0.1, 0.15) is 51.4 Å². The Morgan fingerprint density at radius 2 is 1.84 bits per heavy atom. The number of hydrogen-bond donors (Lipinski definition) is 2. The maximum atomic E-state index is 12.1. The van der Waals surface area contributed by atoms with Crippen LogP contribution in [0.3, 0.4) is 0 Å². The maximum Gasteiger partial charge on any atom is 0.237 e. The molecular formula is C15H26N2O2. The molecule has 0 radical (unpaired) electrons. The van der Waals surface area contributed by atoms with Gasteiger partial charge in [-0.05, 0) is 63.3 Å². The first-order valence-electron chi connectivity index (χ1n) is 7.89. The zero-order valence-corrected chi connectivity index (χ0v) is 11.7. The van der Waals surface area contributed by atoms with Crippen LogP contribution in [-0.2, 0) is 9.53 Å². The smallest absolute Gasteiger partial charge is 0.237 e. The van der Waals surface area contributed by atoms with Crippen LogP contribution in [-0.4, -0.2) is 37.7 Å². The molecule has 4 nitrogen and oxygen atoms in total. The maximum absolute atomic E-state index is 12.1. The van der Waals surface area contributed by atoms with Crippen molar-refractivity contribution in [3.8, 4) is 0 Å². The summed E-state index contributed by atoms with van der Waals surface area (Å²) in [5, 5.41) is 6.52. The molecule has 0 aromatic carbocycles. The van der Waals surface area contributed by atoms with Crippen molar-refractivity contribution in [3.63, 3.8) is 0 Å². The van der Waals surface area contributed by atoms with Gasteiger partial charge in [0.1, 0.15) is 0 Å². The molecule has 1 aliphatic carbocycles. The van der Waals surface area contributed by atoms with Crippen molar-refractivity contribution in [1.82, 2.24) is 10.6 Å². The van der Waals surface area contributed by atoms with Crippen LogP contribution in [0, 0.1) is 5.41 Å². The molecule has 0 aromatic heterocycles. The molecule has 2 saturated heterocycles. The first kappa shape index (κ1) is 13.4. The Kier molecular flexibility index (Phi) is 4.08. The third kappa shape index (κ3) is 3.11. The van der Waals surface area contributed by atoms with Gasteiger partial charge in [-0.1, -0.05) is 0 Å². The van der Waals surface area contributed by atoms with Crippen molar-refractivity contribution in [2.24, 2.45) is 5.41 Å². The van der Waals surface area contributed by atoms with Gasteiger partial charge in [0.25, 0.3) is 0 Å². The third-order valence-corrected chi connectivity index (χ3v) is 5.32. The lowest BCUT2D eigenvalue weighted by Gasteiger charge is -2.43. The summed E-state index contributed by atoms with van der Waals surface area (Å²) in [6.07, 6.45) is 9.40. The number of rotatable bonds is 2. The van der Waals surface area contributed by atoms with Crippen molar-refractivity contribution >= 4 is 5.91 Å². The molecule has 1 unspecified atom stereocenters. The highest BCUT2D eigenvalue weighted by Crippen LogP contribution is 2.44. The molecule has 1 atom stereocenters. The summed E-state index contributed by atoms with van der Waals surface area (Å²) in [5.41, 5.74) is 0.533. The molecule has 108 valence electrons. The highest BCUT2D eigenvalue weighted by Gasteiger charge is 2.37. The molecule has 0 bridgehead atoms. The van der Waals surface area contributed by atoms with E-state index in [1.807, 2.05) is 0 Å². The minimum Gasteiger partial charge on any atom is -0.381 e. The van der Waals surface area contributed by atoms with Gasteiger partial charge in [-0.3, -0.25) is 4.79 Å². The van der Waals surface area contributed by atoms with Crippen LogP contribution in [0.5, 0.6) is 0 Å². The van der Waals surface area contributed by atoms with Crippen LogP contribution >= 0.6 is 0 Å². The number of ether oxygens (including phenoxy) is 1. The Labute approximate surface area is 115 Å². The molecule has 4 heteroatoms. The molecule has 1 spiro atoms. The zero-order chi connectivity index (χ0) is 13.1. The van der Waals surface area contributed by atoms with Crippen molar-refractivity contribution in [2.45, 2.75) is 63.5 Å². The highest BCUT2D eigenvalue weighted by atomic mass is 16.5. The molecule has 0 aromatic rings. The number of carbonyl (C=O) groups is 1. The minimum atomic E-state index is 0.0685. The highest BCUT2D eigenvalue weighted by molar-refractivity contribution is 5.82. The monoisotopic (exact) mass is 266 g/mol. The SMILES string of the molecule is O=C(NC1CCC2(CCOCC2)CC1)C1CCCN1. The molecule has 3 fully saturated rings. The summed E-state index contributed by atoms with van der Waals surface area (Å²) in [6, 6.07) is 0.474. The van der Waals surface area contributed by atoms with Crippen LogP contribution in [0.25, 0.3) is 0 Å². The van der Waals surface area contributed by atoms with E-state index in [-0.39, 0.29) is 11.9 Å². The van der Waals surface area contributed by atoms with Gasteiger partial charge in [0.2, 0.25) is 5.91 Å². The summed E-state index contributed by atoms with van der Waals surface area (Å²) in [7, 11) is 0. The molecule has 3 rings (SSSR count). The van der Waals surface area contributed by atoms with Gasteiger partial charge in [0.15, 0.2) is 0 Å². The average Bonchev–Trinajstić information content (AvgIpc) is 2.97. The van der Waals surface area contributed by atoms with Crippen molar-refractivity contribution in [3.05, 3.63) is 0 Å². The van der Waals surface area contributed by atoms with E-state index in [0.717, 1.165) is 45.4 Å². The molecule has 3 aliphatic rings. The van der Waals surface area contributed by atoms with Gasteiger partial charge < -0.3 is 15.4 Å². The standard InChI is InChI=1S/C15H26N2O2/c18-14(13-2-1-9-16-13)17-12-3-5-15(6-4-12)7-10-19-11-8-15/h12-13,16H,1-11H2,(H,17,18). The molecule has 19 heavy (non-hydrogen) atoms. The van der Waals surface area contributed by atoms with E-state index >= 15 is 0 Å². The molecule has 2 aliphatic heterocycles. The minimum absolute atomic E-state index is 0.0685. The number of amides is 1. The number of carbonyl (C=O) groups excluding carboxylic acids is 1. The normalized spacial score (nSPS) is 31.5. The third-order valence-electron chi connectivity index (χ3n) is 5.32. The van der Waals surface area contributed by atoms with Gasteiger partial charge in [-0.25, -0.2) is 0 Å². The fourth-order valence-electron chi connectivity index (χ4n) is 3.89. The summed E-state index contributed by atoms with van der Waals surface area (Å²) in [4.78, 5) is 12.1. The van der Waals surface area contributed by atoms with Gasteiger partial charge in [-0.2, -0.15) is 0 Å². The largest absolute Gasteiger partial charge is 0.381 e. The summed E-state index contributed by atoms with van der Waals surface area (Å²) in [5.74, 6) is 0.227. The first-order chi connectivity index (χ1) is 9.27. The first-order valence-corrected chi connectivity index (χ1v) is 7.89. The van der Waals surface area contributed by atoms with E-state index < -0.39 is 0 Å². The Balaban J connectivity index is 1.46. The van der Waals surface area contributed by atoms with E-state index in [9.17, 15) is 4.79 Å². The topological polar surface area (TPSA) is 50.4 Å². The van der Waals surface area contributed by atoms with E-state index in [1.165, 1.54) is 25.7 Å². The van der Waals surface area contributed by atoms with E-state index in [1.54, 1.807) is 0 Å². The lowest BCUT2D eigenvalue weighted by molar-refractivity contribution is -0.124. The molecule has 2 N–H and O–H groups in total. The fourth-order valence-corrected chi connectivity index (χ4v) is 3.89. The predicted molar refractivity (Wildman–Crippen MR) is 73.9 cm³/mol. The van der Waals surface area contributed by atoms with Gasteiger partial charge in [-0.15, -0.1) is 0 Å². The summed E-state index contributed by atoms with van der Waals surface area (Å²) >= 11 is 0. The second kappa shape index (κ2) is 5.80. The lowest BCUT2D eigenvalue weighted by atomic mass is 9.68. The van der Waals surface area contributed by atoms with E-state index in [2.05, 4.69) is 10.6 Å². The van der Waals surface area contributed by atoms with Gasteiger partial charge in [0, 0.05) is 19.3 Å². The summed E-state index contributed by atoms with van der Waals surface area (Å²) < 4.78 is 5.48. The number of hydrogen-bond acceptors (Lipinski definition) is 3. The van der Waals surface area contributed by atoms with Gasteiger partial charge in [0.05, 0.1) is 6.04 Å². The second-order valence-electron chi connectivity index (χ2n) is 6.54. The van der Waals surface area contributed by atoms with E-state index in [4.69, 9.17) is 4.74 Å². The molecular weight excluding hydrogens is 240 g/mol. The van der Waals surface area contributed by atoms with Crippen LogP contribution in [0.15, 0.2) is 0 Å². The average molecular weight is 266 g/mol. The fraction of sp³-hybridized carbons (Fsp3) is 0.933. The van der Waals surface area contributed by atoms with Crippen LogP contribution < -0.4 is 10.6 Å².